The van der Waals surface area contributed by atoms with Crippen LogP contribution in [0, 0.1) is 6.92 Å². The van der Waals surface area contributed by atoms with Gasteiger partial charge in [-0.05, 0) is 24.6 Å². The first-order chi connectivity index (χ1) is 11.7. The van der Waals surface area contributed by atoms with Crippen LogP contribution in [-0.4, -0.2) is 37.2 Å². The fourth-order valence-electron chi connectivity index (χ4n) is 2.01. The van der Waals surface area contributed by atoms with Gasteiger partial charge in [0.15, 0.2) is 12.4 Å². The van der Waals surface area contributed by atoms with Crippen LogP contribution in [0.5, 0.6) is 5.88 Å². The lowest BCUT2D eigenvalue weighted by molar-refractivity contribution is -0.123. The van der Waals surface area contributed by atoms with Crippen LogP contribution < -0.4 is 10.1 Å². The molecule has 8 heteroatoms. The average molecular weight is 324 g/mol. The van der Waals surface area contributed by atoms with Crippen LogP contribution in [0.25, 0.3) is 5.82 Å². The fraction of sp³-hybridized carbons (Fsp3) is 0.188. The smallest absolute Gasteiger partial charge is 0.258 e. The van der Waals surface area contributed by atoms with Crippen molar-refractivity contribution in [2.24, 2.45) is 0 Å². The van der Waals surface area contributed by atoms with Crippen molar-refractivity contribution in [2.75, 3.05) is 6.61 Å². The van der Waals surface area contributed by atoms with Gasteiger partial charge in [-0.3, -0.25) is 9.78 Å². The van der Waals surface area contributed by atoms with Crippen LogP contribution in [0.2, 0.25) is 0 Å². The van der Waals surface area contributed by atoms with Gasteiger partial charge >= 0.3 is 0 Å². The van der Waals surface area contributed by atoms with Crippen LogP contribution in [0.4, 0.5) is 0 Å². The summed E-state index contributed by atoms with van der Waals surface area (Å²) in [6.07, 6.45) is 6.81. The van der Waals surface area contributed by atoms with Crippen molar-refractivity contribution in [2.45, 2.75) is 13.5 Å². The van der Waals surface area contributed by atoms with Gasteiger partial charge in [-0.15, -0.1) is 0 Å². The summed E-state index contributed by atoms with van der Waals surface area (Å²) in [5.74, 6) is 1.20. The summed E-state index contributed by atoms with van der Waals surface area (Å²) >= 11 is 0. The van der Waals surface area contributed by atoms with Crippen LogP contribution >= 0.6 is 0 Å². The lowest BCUT2D eigenvalue weighted by atomic mass is 10.3. The van der Waals surface area contributed by atoms with Crippen molar-refractivity contribution >= 4 is 5.91 Å². The molecule has 24 heavy (non-hydrogen) atoms. The molecule has 0 aromatic carbocycles. The van der Waals surface area contributed by atoms with Gasteiger partial charge in [0.25, 0.3) is 5.91 Å². The standard InChI is InChI=1S/C16H16N6O2/c1-12-20-14(22-7-3-6-19-22)8-16(21-12)24-11-15(23)18-10-13-4-2-5-17-9-13/h2-9H,10-11H2,1H3,(H,18,23). The highest BCUT2D eigenvalue weighted by Crippen LogP contribution is 2.12. The van der Waals surface area contributed by atoms with Crippen LogP contribution in [-0.2, 0) is 11.3 Å². The molecular weight excluding hydrogens is 308 g/mol. The molecule has 0 aliphatic heterocycles. The van der Waals surface area contributed by atoms with Crippen molar-refractivity contribution in [3.05, 3.63) is 60.4 Å². The Labute approximate surface area is 138 Å². The molecule has 122 valence electrons. The van der Waals surface area contributed by atoms with E-state index in [9.17, 15) is 4.79 Å². The molecule has 0 atom stereocenters. The van der Waals surface area contributed by atoms with Crippen molar-refractivity contribution in [1.82, 2.24) is 30.0 Å². The van der Waals surface area contributed by atoms with Gasteiger partial charge in [-0.1, -0.05) is 6.07 Å². The number of hydrogen-bond donors (Lipinski definition) is 1. The molecule has 3 aromatic rings. The molecule has 0 unspecified atom stereocenters. The van der Waals surface area contributed by atoms with Crippen LogP contribution in [0.1, 0.15) is 11.4 Å². The van der Waals surface area contributed by atoms with Crippen molar-refractivity contribution in [3.63, 3.8) is 0 Å². The number of carbonyl (C=O) groups is 1. The van der Waals surface area contributed by atoms with E-state index in [1.807, 2.05) is 12.1 Å². The van der Waals surface area contributed by atoms with Gasteiger partial charge < -0.3 is 10.1 Å². The Balaban J connectivity index is 1.57. The zero-order valence-corrected chi connectivity index (χ0v) is 13.1. The molecule has 3 heterocycles. The Morgan fingerprint density at radius 1 is 1.29 bits per heavy atom. The van der Waals surface area contributed by atoms with E-state index in [0.717, 1.165) is 5.56 Å². The Morgan fingerprint density at radius 3 is 2.96 bits per heavy atom. The number of nitrogens with one attached hydrogen (secondary N) is 1. The SMILES string of the molecule is Cc1nc(OCC(=O)NCc2cccnc2)cc(-n2cccn2)n1. The number of hydrogen-bond acceptors (Lipinski definition) is 6. The lowest BCUT2D eigenvalue weighted by Crippen LogP contribution is -2.28. The molecule has 0 aliphatic carbocycles. The van der Waals surface area contributed by atoms with Crippen LogP contribution in [0.3, 0.4) is 0 Å². The Bertz CT molecular complexity index is 805. The highest BCUT2D eigenvalue weighted by Gasteiger charge is 2.08. The minimum Gasteiger partial charge on any atom is -0.467 e. The third-order valence-corrected chi connectivity index (χ3v) is 3.10. The van der Waals surface area contributed by atoms with E-state index in [-0.39, 0.29) is 12.5 Å². The summed E-state index contributed by atoms with van der Waals surface area (Å²) < 4.78 is 7.06. The molecule has 3 aromatic heterocycles. The first-order valence-electron chi connectivity index (χ1n) is 7.35. The first-order valence-corrected chi connectivity index (χ1v) is 7.35. The maximum absolute atomic E-state index is 11.9. The quantitative estimate of drug-likeness (QED) is 0.728. The van der Waals surface area contributed by atoms with Gasteiger partial charge in [0.2, 0.25) is 5.88 Å². The average Bonchev–Trinajstić information content (AvgIpc) is 3.13. The van der Waals surface area contributed by atoms with E-state index in [2.05, 4.69) is 25.4 Å². The summed E-state index contributed by atoms with van der Waals surface area (Å²) in [7, 11) is 0. The zero-order valence-electron chi connectivity index (χ0n) is 13.1. The Morgan fingerprint density at radius 2 is 2.21 bits per heavy atom. The molecule has 1 N–H and O–H groups in total. The summed E-state index contributed by atoms with van der Waals surface area (Å²) in [4.78, 5) is 24.3. The highest BCUT2D eigenvalue weighted by molar-refractivity contribution is 5.77. The number of carbonyl (C=O) groups excluding carboxylic acids is 1. The van der Waals surface area contributed by atoms with Crippen molar-refractivity contribution in [3.8, 4) is 11.7 Å². The van der Waals surface area contributed by atoms with Crippen LogP contribution in [0.15, 0.2) is 49.1 Å². The largest absolute Gasteiger partial charge is 0.467 e. The molecule has 8 nitrogen and oxygen atoms in total. The second-order valence-corrected chi connectivity index (χ2v) is 4.99. The number of nitrogens with zero attached hydrogens (tertiary/aromatic N) is 5. The number of ether oxygens (including phenoxy) is 1. The summed E-state index contributed by atoms with van der Waals surface area (Å²) in [6, 6.07) is 7.13. The second-order valence-electron chi connectivity index (χ2n) is 4.99. The van der Waals surface area contributed by atoms with Gasteiger partial charge in [0.1, 0.15) is 5.82 Å². The zero-order chi connectivity index (χ0) is 16.8. The summed E-state index contributed by atoms with van der Waals surface area (Å²) in [5, 5.41) is 6.87. The van der Waals surface area contributed by atoms with E-state index in [4.69, 9.17) is 4.74 Å². The maximum atomic E-state index is 11.9. The van der Waals surface area contributed by atoms with Crippen molar-refractivity contribution < 1.29 is 9.53 Å². The monoisotopic (exact) mass is 324 g/mol. The number of rotatable bonds is 6. The Kier molecular flexibility index (Phi) is 4.76. The molecule has 0 fully saturated rings. The third-order valence-electron chi connectivity index (χ3n) is 3.10. The van der Waals surface area contributed by atoms with E-state index < -0.39 is 0 Å². The molecule has 0 radical (unpaired) electrons. The van der Waals surface area contributed by atoms with E-state index >= 15 is 0 Å². The predicted molar refractivity (Wildman–Crippen MR) is 85.5 cm³/mol. The lowest BCUT2D eigenvalue weighted by Gasteiger charge is -2.09. The molecule has 0 saturated carbocycles. The molecular formula is C16H16N6O2. The number of pyridine rings is 1. The fourth-order valence-corrected chi connectivity index (χ4v) is 2.01. The molecule has 0 aliphatic rings. The highest BCUT2D eigenvalue weighted by atomic mass is 16.5. The summed E-state index contributed by atoms with van der Waals surface area (Å²) in [5.41, 5.74) is 0.921. The molecule has 0 saturated heterocycles. The normalized spacial score (nSPS) is 10.4. The minimum absolute atomic E-state index is 0.130. The molecule has 0 bridgehead atoms. The molecule has 1 amide bonds. The minimum atomic E-state index is -0.240. The van der Waals surface area contributed by atoms with Gasteiger partial charge in [0, 0.05) is 37.4 Å². The predicted octanol–water partition coefficient (Wildman–Crippen LogP) is 1.06. The second kappa shape index (κ2) is 7.32. The topological polar surface area (TPSA) is 94.8 Å². The first kappa shape index (κ1) is 15.6. The van der Waals surface area contributed by atoms with Gasteiger partial charge in [-0.2, -0.15) is 10.1 Å². The number of aryl methyl sites for hydroxylation is 1. The van der Waals surface area contributed by atoms with Gasteiger partial charge in [-0.25, -0.2) is 9.67 Å². The number of aromatic nitrogens is 5. The van der Waals surface area contributed by atoms with E-state index in [1.165, 1.54) is 0 Å². The molecule has 3 rings (SSSR count). The summed E-state index contributed by atoms with van der Waals surface area (Å²) in [6.45, 7) is 2.02. The van der Waals surface area contributed by atoms with Gasteiger partial charge in [0.05, 0.1) is 0 Å². The van der Waals surface area contributed by atoms with E-state index in [0.29, 0.717) is 24.1 Å². The van der Waals surface area contributed by atoms with Crippen molar-refractivity contribution in [1.29, 1.82) is 0 Å². The molecule has 0 spiro atoms. The number of amides is 1. The van der Waals surface area contributed by atoms with E-state index in [1.54, 1.807) is 48.5 Å². The third kappa shape index (κ3) is 4.13. The Hall–Kier alpha value is -3.29. The maximum Gasteiger partial charge on any atom is 0.258 e.